The third kappa shape index (κ3) is 6.28. The van der Waals surface area contributed by atoms with Crippen LogP contribution < -0.4 is 0 Å². The van der Waals surface area contributed by atoms with E-state index in [1.54, 1.807) is 0 Å². The lowest BCUT2D eigenvalue weighted by molar-refractivity contribution is 1.61. The summed E-state index contributed by atoms with van der Waals surface area (Å²) in [6.07, 6.45) is 4.37. The van der Waals surface area contributed by atoms with Crippen molar-refractivity contribution in [3.05, 3.63) is 25.4 Å². The summed E-state index contributed by atoms with van der Waals surface area (Å²) in [6.45, 7) is 0. The molecule has 0 aromatic heterocycles. The normalized spacial score (nSPS) is 19.1. The lowest BCUT2D eigenvalue weighted by Crippen LogP contribution is -1.80. The maximum absolute atomic E-state index is 2.47. The minimum atomic E-state index is 1.21. The highest BCUT2D eigenvalue weighted by atomic mass is 127. The first-order valence-electron chi connectivity index (χ1n) is 6.13. The molecule has 2 aliphatic rings. The summed E-state index contributed by atoms with van der Waals surface area (Å²) in [6, 6.07) is 0. The van der Waals surface area contributed by atoms with Crippen molar-refractivity contribution in [1.82, 2.24) is 0 Å². The van der Waals surface area contributed by atoms with Gasteiger partial charge in [0.2, 0.25) is 0 Å². The van der Waals surface area contributed by atoms with Crippen LogP contribution in [0.3, 0.4) is 0 Å². The molecule has 0 N–H and O–H groups in total. The van der Waals surface area contributed by atoms with Gasteiger partial charge < -0.3 is 0 Å². The summed E-state index contributed by atoms with van der Waals surface area (Å²) in [5.74, 6) is 2.43. The van der Waals surface area contributed by atoms with Gasteiger partial charge >= 0.3 is 0 Å². The Hall–Kier alpha value is 3.48. The zero-order valence-corrected chi connectivity index (χ0v) is 22.7. The largest absolute Gasteiger partial charge is 0.121 e. The predicted molar refractivity (Wildman–Crippen MR) is 141 cm³/mol. The fourth-order valence-corrected chi connectivity index (χ4v) is 13.5. The van der Waals surface area contributed by atoms with Gasteiger partial charge in [-0.15, -0.1) is 47.0 Å². The Balaban J connectivity index is 2.08. The molecule has 0 unspecified atom stereocenters. The molecule has 0 bridgehead atoms. The first-order valence-corrected chi connectivity index (χ1v) is 16.9. The van der Waals surface area contributed by atoms with Gasteiger partial charge in [-0.3, -0.25) is 0 Å². The number of halogens is 2. The van der Waals surface area contributed by atoms with Crippen LogP contribution >= 0.6 is 139 Å². The van der Waals surface area contributed by atoms with E-state index in [-0.39, 0.29) is 0 Å². The summed E-state index contributed by atoms with van der Waals surface area (Å²) < 4.78 is 11.4. The molecular formula is C12H14I2S8. The van der Waals surface area contributed by atoms with E-state index < -0.39 is 0 Å². The highest BCUT2D eigenvalue weighted by Crippen LogP contribution is 2.65. The van der Waals surface area contributed by atoms with E-state index in [1.165, 1.54) is 45.8 Å². The molecule has 22 heavy (non-hydrogen) atoms. The van der Waals surface area contributed by atoms with Crippen LogP contribution in [-0.2, 0) is 0 Å². The third-order valence-electron chi connectivity index (χ3n) is 2.23. The van der Waals surface area contributed by atoms with Crippen molar-refractivity contribution in [2.45, 2.75) is 0 Å². The predicted octanol–water partition coefficient (Wildman–Crippen LogP) is 8.39. The Labute approximate surface area is 194 Å². The second-order valence-corrected chi connectivity index (χ2v) is 15.2. The Morgan fingerprint density at radius 1 is 0.682 bits per heavy atom. The summed E-state index contributed by atoms with van der Waals surface area (Å²) in [7, 11) is 0. The van der Waals surface area contributed by atoms with Crippen molar-refractivity contribution < 1.29 is 0 Å². The van der Waals surface area contributed by atoms with Gasteiger partial charge in [-0.2, -0.15) is 0 Å². The molecular weight excluding hydrogens is 654 g/mol. The second kappa shape index (κ2) is 12.0. The minimum Gasteiger partial charge on any atom is -0.121 e. The molecule has 0 radical (unpaired) electrons. The topological polar surface area (TPSA) is 0 Å². The molecule has 0 atom stereocenters. The van der Waals surface area contributed by atoms with Crippen LogP contribution in [0.15, 0.2) is 25.4 Å². The quantitative estimate of drug-likeness (QED) is 0.185. The van der Waals surface area contributed by atoms with Crippen LogP contribution in [0.5, 0.6) is 0 Å². The molecule has 0 saturated heterocycles. The smallest absolute Gasteiger partial charge is 0.0717 e. The molecule has 0 spiro atoms. The molecule has 10 heteroatoms. The minimum absolute atomic E-state index is 1.21. The molecule has 0 fully saturated rings. The van der Waals surface area contributed by atoms with Gasteiger partial charge in [0.25, 0.3) is 0 Å². The van der Waals surface area contributed by atoms with Gasteiger partial charge in [-0.1, -0.05) is 92.2 Å². The van der Waals surface area contributed by atoms with Gasteiger partial charge in [-0.05, 0) is 12.5 Å². The molecule has 0 aromatic rings. The molecule has 0 nitrogen and oxygen atoms in total. The molecule has 0 aromatic carbocycles. The molecule has 0 saturated carbocycles. The van der Waals surface area contributed by atoms with E-state index in [9.17, 15) is 0 Å². The number of hydrogen-bond donors (Lipinski definition) is 0. The highest BCUT2D eigenvalue weighted by molar-refractivity contribution is 14.1. The van der Waals surface area contributed by atoms with Crippen molar-refractivity contribution >= 4 is 139 Å². The monoisotopic (exact) mass is 668 g/mol. The standard InChI is InChI=1S/C12H14I2S8/c1-15-7-8(16-2)20-11(19-7)12-21-9(17-5-3-13)10(22-12)18-6-4-14/h3-6H2,1-2H3. The Morgan fingerprint density at radius 2 is 1.05 bits per heavy atom. The first kappa shape index (κ1) is 21.8. The maximum Gasteiger partial charge on any atom is 0.0717 e. The molecule has 2 heterocycles. The molecule has 2 aliphatic heterocycles. The third-order valence-corrected chi connectivity index (χ3v) is 16.0. The second-order valence-electron chi connectivity index (χ2n) is 3.62. The molecule has 0 amide bonds. The molecule has 124 valence electrons. The van der Waals surface area contributed by atoms with Crippen molar-refractivity contribution in [2.24, 2.45) is 0 Å². The van der Waals surface area contributed by atoms with E-state index in [2.05, 4.69) is 57.7 Å². The molecule has 2 rings (SSSR count). The number of hydrogen-bond acceptors (Lipinski definition) is 8. The fraction of sp³-hybridized carbons (Fsp3) is 0.500. The Morgan fingerprint density at radius 3 is 1.36 bits per heavy atom. The van der Waals surface area contributed by atoms with Crippen LogP contribution in [0, 0.1) is 0 Å². The van der Waals surface area contributed by atoms with Crippen LogP contribution in [0.4, 0.5) is 0 Å². The van der Waals surface area contributed by atoms with Crippen molar-refractivity contribution in [3.8, 4) is 0 Å². The highest BCUT2D eigenvalue weighted by Gasteiger charge is 2.29. The maximum atomic E-state index is 2.47. The van der Waals surface area contributed by atoms with Gasteiger partial charge in [-0.25, -0.2) is 0 Å². The summed E-state index contributed by atoms with van der Waals surface area (Å²) in [5, 5.41) is 0. The van der Waals surface area contributed by atoms with Gasteiger partial charge in [0, 0.05) is 20.4 Å². The van der Waals surface area contributed by atoms with E-state index in [1.807, 2.05) is 94.1 Å². The first-order chi connectivity index (χ1) is 10.7. The van der Waals surface area contributed by atoms with Gasteiger partial charge in [0.05, 0.1) is 25.4 Å². The van der Waals surface area contributed by atoms with Crippen LogP contribution in [0.2, 0.25) is 0 Å². The van der Waals surface area contributed by atoms with Gasteiger partial charge in [0.15, 0.2) is 0 Å². The van der Waals surface area contributed by atoms with E-state index in [0.717, 1.165) is 0 Å². The van der Waals surface area contributed by atoms with Crippen LogP contribution in [-0.4, -0.2) is 32.9 Å². The summed E-state index contributed by atoms with van der Waals surface area (Å²) >= 11 is 20.7. The lowest BCUT2D eigenvalue weighted by Gasteiger charge is -2.02. The summed E-state index contributed by atoms with van der Waals surface area (Å²) in [5.41, 5.74) is 0. The van der Waals surface area contributed by atoms with Crippen molar-refractivity contribution in [3.63, 3.8) is 0 Å². The fourth-order valence-electron chi connectivity index (χ4n) is 1.40. The van der Waals surface area contributed by atoms with Crippen LogP contribution in [0.25, 0.3) is 0 Å². The average Bonchev–Trinajstić information content (AvgIpc) is 3.14. The van der Waals surface area contributed by atoms with Gasteiger partial charge in [0.1, 0.15) is 0 Å². The SMILES string of the molecule is CSC1=C(SC)SC(=C2SC(SCCI)=C(SCCI)S2)S1. The number of rotatable bonds is 8. The molecule has 0 aliphatic carbocycles. The van der Waals surface area contributed by atoms with Crippen molar-refractivity contribution in [2.75, 3.05) is 32.9 Å². The van der Waals surface area contributed by atoms with Crippen molar-refractivity contribution in [1.29, 1.82) is 0 Å². The van der Waals surface area contributed by atoms with E-state index in [4.69, 9.17) is 0 Å². The Kier molecular flexibility index (Phi) is 11.9. The van der Waals surface area contributed by atoms with E-state index in [0.29, 0.717) is 0 Å². The zero-order valence-electron chi connectivity index (χ0n) is 11.9. The number of alkyl halides is 2. The van der Waals surface area contributed by atoms with Crippen LogP contribution in [0.1, 0.15) is 0 Å². The Bertz CT molecular complexity index is 459. The number of thioether (sulfide) groups is 8. The summed E-state index contributed by atoms with van der Waals surface area (Å²) in [4.78, 5) is 0. The lowest BCUT2D eigenvalue weighted by atomic mass is 11.0. The van der Waals surface area contributed by atoms with E-state index >= 15 is 0 Å². The zero-order chi connectivity index (χ0) is 15.9. The average molecular weight is 669 g/mol.